The van der Waals surface area contributed by atoms with Gasteiger partial charge in [0.1, 0.15) is 0 Å². The molecule has 0 radical (unpaired) electrons. The van der Waals surface area contributed by atoms with E-state index in [1.54, 1.807) is 6.07 Å². The molecule has 0 aliphatic rings. The fraction of sp³-hybridized carbons (Fsp3) is 0.0714. The lowest BCUT2D eigenvalue weighted by Crippen LogP contribution is -2.19. The number of fused-ring (bicyclic) bond motifs is 2. The van der Waals surface area contributed by atoms with Crippen molar-refractivity contribution in [1.29, 1.82) is 0 Å². The van der Waals surface area contributed by atoms with Crippen LogP contribution in [0.25, 0.3) is 16.3 Å². The highest BCUT2D eigenvalue weighted by Crippen LogP contribution is 2.35. The predicted molar refractivity (Wildman–Crippen MR) is 65.2 cm³/mol. The third kappa shape index (κ3) is 1.40. The van der Waals surface area contributed by atoms with E-state index in [1.807, 2.05) is 48.0 Å². The molecule has 0 atom stereocenters. The summed E-state index contributed by atoms with van der Waals surface area (Å²) in [7, 11) is 0. The Bertz CT molecular complexity index is 735. The number of aromatic hydroxyl groups is 2. The van der Waals surface area contributed by atoms with Crippen LogP contribution in [0.15, 0.2) is 42.7 Å². The first kappa shape index (κ1) is 9.90. The second kappa shape index (κ2) is 3.35. The molecular weight excluding hydrogens is 214 g/mol. The van der Waals surface area contributed by atoms with Crippen molar-refractivity contribution in [2.45, 2.75) is 6.92 Å². The molecule has 0 aliphatic heterocycles. The lowest BCUT2D eigenvalue weighted by molar-refractivity contribution is -0.510. The van der Waals surface area contributed by atoms with Crippen LogP contribution < -0.4 is 4.40 Å². The highest BCUT2D eigenvalue weighted by molar-refractivity contribution is 5.93. The normalized spacial score (nSPS) is 11.1. The number of aromatic nitrogens is 1. The molecule has 0 aliphatic carbocycles. The van der Waals surface area contributed by atoms with Crippen molar-refractivity contribution in [2.24, 2.45) is 0 Å². The van der Waals surface area contributed by atoms with E-state index in [4.69, 9.17) is 0 Å². The number of aryl methyl sites for hydroxylation is 1. The van der Waals surface area contributed by atoms with Gasteiger partial charge in [0.05, 0.1) is 5.39 Å². The number of phenolic OH excluding ortho intramolecular Hbond substituents is 2. The van der Waals surface area contributed by atoms with E-state index in [9.17, 15) is 10.2 Å². The molecule has 0 amide bonds. The predicted octanol–water partition coefficient (Wildman–Crippen LogP) is 2.30. The topological polar surface area (TPSA) is 44.6 Å². The molecule has 0 fully saturated rings. The van der Waals surface area contributed by atoms with E-state index in [0.717, 1.165) is 16.5 Å². The Hall–Kier alpha value is -2.29. The van der Waals surface area contributed by atoms with E-state index in [0.29, 0.717) is 5.39 Å². The van der Waals surface area contributed by atoms with Gasteiger partial charge in [-0.05, 0) is 24.6 Å². The molecule has 0 bridgehead atoms. The molecule has 3 heteroatoms. The summed E-state index contributed by atoms with van der Waals surface area (Å²) in [6, 6.07) is 9.30. The van der Waals surface area contributed by atoms with Gasteiger partial charge in [-0.25, -0.2) is 0 Å². The van der Waals surface area contributed by atoms with Gasteiger partial charge in [-0.2, -0.15) is 4.40 Å². The molecule has 0 unspecified atom stereocenters. The van der Waals surface area contributed by atoms with Crippen molar-refractivity contribution in [1.82, 2.24) is 0 Å². The van der Waals surface area contributed by atoms with Gasteiger partial charge in [-0.15, -0.1) is 0 Å². The summed E-state index contributed by atoms with van der Waals surface area (Å²) in [5.74, 6) is -0.132. The average molecular weight is 226 g/mol. The molecule has 0 saturated carbocycles. The zero-order valence-corrected chi connectivity index (χ0v) is 9.38. The number of rotatable bonds is 0. The van der Waals surface area contributed by atoms with E-state index in [2.05, 4.69) is 0 Å². The Labute approximate surface area is 98.2 Å². The van der Waals surface area contributed by atoms with Crippen LogP contribution in [-0.2, 0) is 0 Å². The quantitative estimate of drug-likeness (QED) is 0.351. The number of benzene rings is 1. The Morgan fingerprint density at radius 3 is 2.71 bits per heavy atom. The minimum absolute atomic E-state index is 0.0584. The van der Waals surface area contributed by atoms with Crippen LogP contribution in [-0.4, -0.2) is 10.2 Å². The van der Waals surface area contributed by atoms with Gasteiger partial charge < -0.3 is 10.2 Å². The average Bonchev–Trinajstić information content (AvgIpc) is 2.34. The SMILES string of the molecule is Cc1cc(O)c(O)c2cc3cccc[n+]3cc12. The van der Waals surface area contributed by atoms with Crippen molar-refractivity contribution in [3.8, 4) is 11.5 Å². The summed E-state index contributed by atoms with van der Waals surface area (Å²) in [5, 5.41) is 21.1. The number of nitrogens with zero attached hydrogens (tertiary/aromatic N) is 1. The lowest BCUT2D eigenvalue weighted by Gasteiger charge is -2.05. The van der Waals surface area contributed by atoms with Gasteiger partial charge in [-0.3, -0.25) is 0 Å². The monoisotopic (exact) mass is 226 g/mol. The van der Waals surface area contributed by atoms with E-state index in [-0.39, 0.29) is 11.5 Å². The Morgan fingerprint density at radius 1 is 1.06 bits per heavy atom. The molecule has 17 heavy (non-hydrogen) atoms. The minimum atomic E-state index is -0.0738. The molecule has 2 heterocycles. The van der Waals surface area contributed by atoms with Gasteiger partial charge in [0.15, 0.2) is 23.9 Å². The molecule has 0 spiro atoms. The molecule has 3 nitrogen and oxygen atoms in total. The van der Waals surface area contributed by atoms with E-state index >= 15 is 0 Å². The van der Waals surface area contributed by atoms with Crippen LogP contribution in [0.5, 0.6) is 11.5 Å². The van der Waals surface area contributed by atoms with Crippen molar-refractivity contribution < 1.29 is 14.6 Å². The van der Waals surface area contributed by atoms with Crippen LogP contribution in [0.2, 0.25) is 0 Å². The van der Waals surface area contributed by atoms with E-state index in [1.165, 1.54) is 0 Å². The fourth-order valence-corrected chi connectivity index (χ4v) is 2.14. The molecule has 2 aromatic heterocycles. The van der Waals surface area contributed by atoms with Gasteiger partial charge >= 0.3 is 0 Å². The van der Waals surface area contributed by atoms with Crippen LogP contribution in [0.1, 0.15) is 5.56 Å². The molecular formula is C14H12NO2+. The summed E-state index contributed by atoms with van der Waals surface area (Å²) in [6.45, 7) is 1.91. The van der Waals surface area contributed by atoms with Crippen LogP contribution in [0.3, 0.4) is 0 Å². The zero-order chi connectivity index (χ0) is 12.0. The van der Waals surface area contributed by atoms with Crippen LogP contribution in [0.4, 0.5) is 0 Å². The summed E-state index contributed by atoms with van der Waals surface area (Å²) >= 11 is 0. The number of pyridine rings is 2. The van der Waals surface area contributed by atoms with Crippen molar-refractivity contribution in [3.05, 3.63) is 48.3 Å². The summed E-state index contributed by atoms with van der Waals surface area (Å²) in [4.78, 5) is 0. The maximum atomic E-state index is 9.88. The third-order valence-electron chi connectivity index (χ3n) is 3.05. The first-order valence-electron chi connectivity index (χ1n) is 5.42. The molecule has 3 aromatic rings. The largest absolute Gasteiger partial charge is 0.504 e. The second-order valence-electron chi connectivity index (χ2n) is 4.19. The van der Waals surface area contributed by atoms with Crippen molar-refractivity contribution in [2.75, 3.05) is 0 Å². The van der Waals surface area contributed by atoms with Crippen LogP contribution >= 0.6 is 0 Å². The first-order valence-corrected chi connectivity index (χ1v) is 5.42. The van der Waals surface area contributed by atoms with Crippen LogP contribution in [0, 0.1) is 6.92 Å². The molecule has 2 N–H and O–H groups in total. The maximum absolute atomic E-state index is 9.88. The van der Waals surface area contributed by atoms with Gasteiger partial charge in [0, 0.05) is 23.6 Å². The fourth-order valence-electron chi connectivity index (χ4n) is 2.14. The highest BCUT2D eigenvalue weighted by Gasteiger charge is 2.13. The lowest BCUT2D eigenvalue weighted by atomic mass is 10.1. The standard InChI is InChI=1S/C14H11NO2/c1-9-6-13(16)14(17)11-7-10-4-2-3-5-15(10)8-12(9)11/h2-8,17H,1H3/p+1. The Morgan fingerprint density at radius 2 is 1.88 bits per heavy atom. The van der Waals surface area contributed by atoms with Crippen molar-refractivity contribution in [3.63, 3.8) is 0 Å². The Balaban J connectivity index is 2.56. The molecule has 0 saturated heterocycles. The second-order valence-corrected chi connectivity index (χ2v) is 4.19. The minimum Gasteiger partial charge on any atom is -0.504 e. The molecule has 3 rings (SSSR count). The van der Waals surface area contributed by atoms with Gasteiger partial charge in [0.25, 0.3) is 0 Å². The first-order chi connectivity index (χ1) is 8.16. The maximum Gasteiger partial charge on any atom is 0.211 e. The summed E-state index contributed by atoms with van der Waals surface area (Å²) in [5.41, 5.74) is 1.91. The number of phenols is 2. The van der Waals surface area contributed by atoms with Gasteiger partial charge in [-0.1, -0.05) is 0 Å². The Kier molecular flexibility index (Phi) is 1.95. The molecule has 1 aromatic carbocycles. The third-order valence-corrected chi connectivity index (χ3v) is 3.05. The number of hydrogen-bond acceptors (Lipinski definition) is 2. The smallest absolute Gasteiger partial charge is 0.211 e. The van der Waals surface area contributed by atoms with E-state index < -0.39 is 0 Å². The van der Waals surface area contributed by atoms with Gasteiger partial charge in [0.2, 0.25) is 5.52 Å². The summed E-state index contributed by atoms with van der Waals surface area (Å²) < 4.78 is 1.99. The molecule has 84 valence electrons. The zero-order valence-electron chi connectivity index (χ0n) is 9.38. The number of hydrogen-bond donors (Lipinski definition) is 2. The van der Waals surface area contributed by atoms with Crippen molar-refractivity contribution >= 4 is 16.3 Å². The highest BCUT2D eigenvalue weighted by atomic mass is 16.3. The summed E-state index contributed by atoms with van der Waals surface area (Å²) in [6.07, 6.45) is 3.91.